The van der Waals surface area contributed by atoms with E-state index in [-0.39, 0.29) is 12.7 Å². The summed E-state index contributed by atoms with van der Waals surface area (Å²) in [6.45, 7) is 1.66. The molecule has 1 saturated heterocycles. The van der Waals surface area contributed by atoms with Crippen LogP contribution in [0.25, 0.3) is 0 Å². The van der Waals surface area contributed by atoms with E-state index in [1.54, 1.807) is 7.11 Å². The summed E-state index contributed by atoms with van der Waals surface area (Å²) in [4.78, 5) is 0. The minimum atomic E-state index is 0.0723. The van der Waals surface area contributed by atoms with E-state index < -0.39 is 0 Å². The van der Waals surface area contributed by atoms with Crippen molar-refractivity contribution in [2.75, 3.05) is 26.9 Å². The minimum absolute atomic E-state index is 0.0723. The number of hydrogen-bond donors (Lipinski definition) is 1. The second kappa shape index (κ2) is 4.70. The maximum Gasteiger partial charge on any atom is 0.0806 e. The molecule has 0 aromatic heterocycles. The van der Waals surface area contributed by atoms with Gasteiger partial charge in [-0.15, -0.1) is 0 Å². The molecule has 1 fully saturated rings. The summed E-state index contributed by atoms with van der Waals surface area (Å²) in [5.74, 6) is 0.530. The molecule has 0 radical (unpaired) electrons. The number of hydrogen-bond acceptors (Lipinski definition) is 3. The number of ether oxygens (including phenoxy) is 2. The van der Waals surface area contributed by atoms with E-state index >= 15 is 0 Å². The van der Waals surface area contributed by atoms with Crippen molar-refractivity contribution in [3.8, 4) is 0 Å². The van der Waals surface area contributed by atoms with Crippen molar-refractivity contribution >= 4 is 0 Å². The Morgan fingerprint density at radius 3 is 2.82 bits per heavy atom. The van der Waals surface area contributed by atoms with Crippen molar-refractivity contribution < 1.29 is 14.6 Å². The van der Waals surface area contributed by atoms with Crippen molar-refractivity contribution in [1.29, 1.82) is 0 Å². The molecule has 0 aliphatic carbocycles. The average molecular weight is 160 g/mol. The third-order valence-electron chi connectivity index (χ3n) is 2.07. The van der Waals surface area contributed by atoms with Gasteiger partial charge in [0.15, 0.2) is 0 Å². The minimum Gasteiger partial charge on any atom is -0.394 e. The van der Waals surface area contributed by atoms with E-state index in [1.165, 1.54) is 0 Å². The van der Waals surface area contributed by atoms with Crippen molar-refractivity contribution in [2.45, 2.75) is 18.9 Å². The molecule has 1 heterocycles. The van der Waals surface area contributed by atoms with Gasteiger partial charge in [0.2, 0.25) is 0 Å². The lowest BCUT2D eigenvalue weighted by atomic mass is 10.00. The lowest BCUT2D eigenvalue weighted by Crippen LogP contribution is -2.30. The van der Waals surface area contributed by atoms with Gasteiger partial charge in [0.1, 0.15) is 0 Å². The number of aliphatic hydroxyl groups excluding tert-OH is 1. The molecule has 3 heteroatoms. The van der Waals surface area contributed by atoms with Crippen LogP contribution in [0.15, 0.2) is 0 Å². The van der Waals surface area contributed by atoms with Crippen LogP contribution in [0.3, 0.4) is 0 Å². The SMILES string of the molecule is COC[C@@H]1CC[C@H](CO)OC1. The van der Waals surface area contributed by atoms with E-state index in [1.807, 2.05) is 0 Å². The first-order valence-electron chi connectivity index (χ1n) is 4.08. The molecule has 1 rings (SSSR count). The first kappa shape index (κ1) is 8.97. The quantitative estimate of drug-likeness (QED) is 0.650. The molecular weight excluding hydrogens is 144 g/mol. The predicted octanol–water partition coefficient (Wildman–Crippen LogP) is 0.420. The average Bonchev–Trinajstić information content (AvgIpc) is 2.07. The summed E-state index contributed by atoms with van der Waals surface area (Å²) in [7, 11) is 1.71. The molecule has 0 spiro atoms. The summed E-state index contributed by atoms with van der Waals surface area (Å²) in [6.07, 6.45) is 2.15. The van der Waals surface area contributed by atoms with E-state index in [9.17, 15) is 0 Å². The highest BCUT2D eigenvalue weighted by Gasteiger charge is 2.20. The van der Waals surface area contributed by atoms with Crippen LogP contribution < -0.4 is 0 Å². The fraction of sp³-hybridized carbons (Fsp3) is 1.00. The van der Waals surface area contributed by atoms with Gasteiger partial charge in [0, 0.05) is 13.0 Å². The van der Waals surface area contributed by atoms with Crippen molar-refractivity contribution in [3.05, 3.63) is 0 Å². The van der Waals surface area contributed by atoms with Crippen molar-refractivity contribution in [2.24, 2.45) is 5.92 Å². The summed E-state index contributed by atoms with van der Waals surface area (Å²) >= 11 is 0. The van der Waals surface area contributed by atoms with Crippen molar-refractivity contribution in [1.82, 2.24) is 0 Å². The fourth-order valence-electron chi connectivity index (χ4n) is 1.37. The summed E-state index contributed by atoms with van der Waals surface area (Å²) in [6, 6.07) is 0. The molecule has 2 atom stereocenters. The molecule has 0 bridgehead atoms. The standard InChI is InChI=1S/C8H16O3/c1-10-5-7-2-3-8(4-9)11-6-7/h7-9H,2-6H2,1H3/t7-,8+/m0/s1. The lowest BCUT2D eigenvalue weighted by Gasteiger charge is -2.27. The fourth-order valence-corrected chi connectivity index (χ4v) is 1.37. The summed E-state index contributed by atoms with van der Waals surface area (Å²) in [5.41, 5.74) is 0. The summed E-state index contributed by atoms with van der Waals surface area (Å²) < 4.78 is 10.4. The number of aliphatic hydroxyl groups is 1. The molecule has 0 aromatic rings. The molecule has 1 N–H and O–H groups in total. The van der Waals surface area contributed by atoms with Gasteiger partial charge in [0.25, 0.3) is 0 Å². The molecule has 3 nitrogen and oxygen atoms in total. The molecular formula is C8H16O3. The lowest BCUT2D eigenvalue weighted by molar-refractivity contribution is -0.0570. The number of rotatable bonds is 3. The van der Waals surface area contributed by atoms with Gasteiger partial charge in [-0.05, 0) is 12.8 Å². The van der Waals surface area contributed by atoms with Gasteiger partial charge in [-0.3, -0.25) is 0 Å². The Kier molecular flexibility index (Phi) is 3.83. The topological polar surface area (TPSA) is 38.7 Å². The molecule has 0 unspecified atom stereocenters. The first-order valence-corrected chi connectivity index (χ1v) is 4.08. The smallest absolute Gasteiger partial charge is 0.0806 e. The normalized spacial score (nSPS) is 32.2. The Morgan fingerprint density at radius 1 is 1.55 bits per heavy atom. The Morgan fingerprint density at radius 2 is 2.36 bits per heavy atom. The summed E-state index contributed by atoms with van der Waals surface area (Å²) in [5, 5.41) is 8.75. The van der Waals surface area contributed by atoms with Gasteiger partial charge in [-0.1, -0.05) is 0 Å². The van der Waals surface area contributed by atoms with Crippen LogP contribution in [0.4, 0.5) is 0 Å². The van der Waals surface area contributed by atoms with Gasteiger partial charge >= 0.3 is 0 Å². The highest BCUT2D eigenvalue weighted by Crippen LogP contribution is 2.18. The monoisotopic (exact) mass is 160 g/mol. The molecule has 0 aromatic carbocycles. The van der Waals surface area contributed by atoms with Crippen LogP contribution in [0.2, 0.25) is 0 Å². The predicted molar refractivity (Wildman–Crippen MR) is 41.4 cm³/mol. The van der Waals surface area contributed by atoms with E-state index in [0.717, 1.165) is 26.1 Å². The van der Waals surface area contributed by atoms with Crippen LogP contribution in [0.5, 0.6) is 0 Å². The van der Waals surface area contributed by atoms with E-state index in [0.29, 0.717) is 5.92 Å². The maximum absolute atomic E-state index is 8.75. The zero-order valence-corrected chi connectivity index (χ0v) is 6.95. The van der Waals surface area contributed by atoms with Crippen LogP contribution in [-0.4, -0.2) is 38.1 Å². The molecule has 0 saturated carbocycles. The largest absolute Gasteiger partial charge is 0.394 e. The van der Waals surface area contributed by atoms with Gasteiger partial charge in [-0.25, -0.2) is 0 Å². The van der Waals surface area contributed by atoms with Crippen LogP contribution in [-0.2, 0) is 9.47 Å². The molecule has 11 heavy (non-hydrogen) atoms. The van der Waals surface area contributed by atoms with Crippen molar-refractivity contribution in [3.63, 3.8) is 0 Å². The Bertz CT molecular complexity index is 97.5. The Hall–Kier alpha value is -0.120. The zero-order valence-electron chi connectivity index (χ0n) is 6.95. The van der Waals surface area contributed by atoms with Gasteiger partial charge in [0.05, 0.1) is 25.9 Å². The maximum atomic E-state index is 8.75. The van der Waals surface area contributed by atoms with Crippen LogP contribution >= 0.6 is 0 Å². The zero-order chi connectivity index (χ0) is 8.10. The number of methoxy groups -OCH3 is 1. The molecule has 1 aliphatic heterocycles. The van der Waals surface area contributed by atoms with Crippen LogP contribution in [0.1, 0.15) is 12.8 Å². The second-order valence-corrected chi connectivity index (χ2v) is 3.04. The molecule has 66 valence electrons. The Labute approximate surface area is 67.3 Å². The third-order valence-corrected chi connectivity index (χ3v) is 2.07. The van der Waals surface area contributed by atoms with Gasteiger partial charge < -0.3 is 14.6 Å². The highest BCUT2D eigenvalue weighted by molar-refractivity contribution is 4.68. The first-order chi connectivity index (χ1) is 5.36. The highest BCUT2D eigenvalue weighted by atomic mass is 16.5. The van der Waals surface area contributed by atoms with E-state index in [4.69, 9.17) is 14.6 Å². The molecule has 0 amide bonds. The van der Waals surface area contributed by atoms with Gasteiger partial charge in [-0.2, -0.15) is 0 Å². The Balaban J connectivity index is 2.14. The molecule has 1 aliphatic rings. The van der Waals surface area contributed by atoms with Crippen LogP contribution in [0, 0.1) is 5.92 Å². The van der Waals surface area contributed by atoms with E-state index in [2.05, 4.69) is 0 Å². The second-order valence-electron chi connectivity index (χ2n) is 3.04. The third kappa shape index (κ3) is 2.77.